The lowest BCUT2D eigenvalue weighted by molar-refractivity contribution is 0.122. The quantitative estimate of drug-likeness (QED) is 0.584. The summed E-state index contributed by atoms with van der Waals surface area (Å²) in [5, 5.41) is 0. The molecule has 0 amide bonds. The van der Waals surface area contributed by atoms with Crippen molar-refractivity contribution in [3.8, 4) is 5.88 Å². The average molecular weight is 210 g/mol. The largest absolute Gasteiger partial charge is 0.472 e. The highest BCUT2D eigenvalue weighted by atomic mass is 16.5. The van der Waals surface area contributed by atoms with Crippen molar-refractivity contribution in [2.75, 3.05) is 5.43 Å². The minimum absolute atomic E-state index is 0.274. The number of nitrogen functional groups attached to an aromatic ring is 1. The van der Waals surface area contributed by atoms with Crippen molar-refractivity contribution in [2.24, 2.45) is 5.84 Å². The normalized spacial score (nSPS) is 11.3. The van der Waals surface area contributed by atoms with Crippen LogP contribution in [0.3, 0.4) is 0 Å². The van der Waals surface area contributed by atoms with E-state index in [1.807, 2.05) is 27.7 Å². The van der Waals surface area contributed by atoms with Gasteiger partial charge in [-0.25, -0.2) is 15.8 Å². The average Bonchev–Trinajstić information content (AvgIpc) is 2.15. The molecule has 0 atom stereocenters. The summed E-state index contributed by atoms with van der Waals surface area (Å²) in [6, 6.07) is 0. The van der Waals surface area contributed by atoms with Gasteiger partial charge in [-0.15, -0.1) is 0 Å². The zero-order chi connectivity index (χ0) is 11.5. The molecule has 0 saturated carbocycles. The van der Waals surface area contributed by atoms with Gasteiger partial charge in [-0.1, -0.05) is 6.92 Å². The summed E-state index contributed by atoms with van der Waals surface area (Å²) in [4.78, 5) is 8.15. The van der Waals surface area contributed by atoms with E-state index >= 15 is 0 Å². The molecule has 0 fully saturated rings. The monoisotopic (exact) mass is 210 g/mol. The molecule has 1 heterocycles. The summed E-state index contributed by atoms with van der Waals surface area (Å²) in [5.41, 5.74) is 3.17. The van der Waals surface area contributed by atoms with Crippen LogP contribution < -0.4 is 16.0 Å². The lowest BCUT2D eigenvalue weighted by Crippen LogP contribution is -2.25. The smallest absolute Gasteiger partial charge is 0.222 e. The Morgan fingerprint density at radius 1 is 1.40 bits per heavy atom. The van der Waals surface area contributed by atoms with Gasteiger partial charge < -0.3 is 10.2 Å². The fourth-order valence-corrected chi connectivity index (χ4v) is 1.22. The number of nitrogens with zero attached hydrogens (tertiary/aromatic N) is 2. The summed E-state index contributed by atoms with van der Waals surface area (Å²) in [5.74, 6) is 6.57. The van der Waals surface area contributed by atoms with Crippen molar-refractivity contribution in [3.05, 3.63) is 11.9 Å². The van der Waals surface area contributed by atoms with Crippen LogP contribution >= 0.6 is 0 Å². The standard InChI is InChI=1S/C10H18N4O/c1-5-7-8(14-11)12-6-13-9(7)15-10(2,3)4/h6H,5,11H2,1-4H3,(H,12,13,14). The Morgan fingerprint density at radius 3 is 2.53 bits per heavy atom. The molecule has 5 nitrogen and oxygen atoms in total. The Morgan fingerprint density at radius 2 is 2.07 bits per heavy atom. The molecule has 1 rings (SSSR count). The van der Waals surface area contributed by atoms with Crippen LogP contribution in [-0.2, 0) is 6.42 Å². The molecule has 0 aliphatic heterocycles. The maximum Gasteiger partial charge on any atom is 0.222 e. The minimum Gasteiger partial charge on any atom is -0.472 e. The topological polar surface area (TPSA) is 73.1 Å². The van der Waals surface area contributed by atoms with Gasteiger partial charge in [-0.2, -0.15) is 0 Å². The highest BCUT2D eigenvalue weighted by Crippen LogP contribution is 2.24. The molecule has 0 bridgehead atoms. The van der Waals surface area contributed by atoms with Gasteiger partial charge in [-0.3, -0.25) is 0 Å². The Balaban J connectivity index is 3.06. The fraction of sp³-hybridized carbons (Fsp3) is 0.600. The number of anilines is 1. The molecule has 0 aliphatic carbocycles. The van der Waals surface area contributed by atoms with Gasteiger partial charge in [0.15, 0.2) is 0 Å². The molecule has 84 valence electrons. The lowest BCUT2D eigenvalue weighted by atomic mass is 10.2. The Labute approximate surface area is 90.0 Å². The number of hydrazine groups is 1. The summed E-state index contributed by atoms with van der Waals surface area (Å²) in [6.07, 6.45) is 2.21. The first kappa shape index (κ1) is 11.7. The van der Waals surface area contributed by atoms with Gasteiger partial charge >= 0.3 is 0 Å². The van der Waals surface area contributed by atoms with E-state index in [-0.39, 0.29) is 5.60 Å². The zero-order valence-corrected chi connectivity index (χ0v) is 9.66. The Hall–Kier alpha value is -1.36. The molecule has 0 radical (unpaired) electrons. The fourth-order valence-electron chi connectivity index (χ4n) is 1.22. The maximum atomic E-state index is 5.72. The molecule has 0 aliphatic rings. The third kappa shape index (κ3) is 3.06. The number of aromatic nitrogens is 2. The number of rotatable bonds is 3. The van der Waals surface area contributed by atoms with Crippen molar-refractivity contribution in [1.82, 2.24) is 9.97 Å². The molecule has 0 spiro atoms. The molecule has 15 heavy (non-hydrogen) atoms. The van der Waals surface area contributed by atoms with Crippen molar-refractivity contribution in [1.29, 1.82) is 0 Å². The number of hydrogen-bond donors (Lipinski definition) is 2. The highest BCUT2D eigenvalue weighted by Gasteiger charge is 2.17. The van der Waals surface area contributed by atoms with E-state index < -0.39 is 0 Å². The highest BCUT2D eigenvalue weighted by molar-refractivity contribution is 5.47. The number of hydrogen-bond acceptors (Lipinski definition) is 5. The number of nitrogens with two attached hydrogens (primary N) is 1. The third-order valence-corrected chi connectivity index (χ3v) is 1.80. The molecule has 1 aromatic rings. The van der Waals surface area contributed by atoms with Crippen molar-refractivity contribution in [2.45, 2.75) is 39.7 Å². The molecular formula is C10H18N4O. The predicted octanol–water partition coefficient (Wildman–Crippen LogP) is 1.50. The van der Waals surface area contributed by atoms with Gasteiger partial charge in [0.05, 0.1) is 5.56 Å². The van der Waals surface area contributed by atoms with Crippen LogP contribution in [0.5, 0.6) is 5.88 Å². The van der Waals surface area contributed by atoms with Crippen LogP contribution in [-0.4, -0.2) is 15.6 Å². The van der Waals surface area contributed by atoms with E-state index in [1.54, 1.807) is 0 Å². The SMILES string of the molecule is CCc1c(NN)ncnc1OC(C)(C)C. The van der Waals surface area contributed by atoms with Gasteiger partial charge in [0, 0.05) is 0 Å². The predicted molar refractivity (Wildman–Crippen MR) is 59.6 cm³/mol. The molecule has 0 unspecified atom stereocenters. The minimum atomic E-state index is -0.274. The first-order valence-corrected chi connectivity index (χ1v) is 4.97. The van der Waals surface area contributed by atoms with Gasteiger partial charge in [-0.05, 0) is 27.2 Å². The summed E-state index contributed by atoms with van der Waals surface area (Å²) in [6.45, 7) is 7.94. The summed E-state index contributed by atoms with van der Waals surface area (Å²) >= 11 is 0. The van der Waals surface area contributed by atoms with E-state index in [9.17, 15) is 0 Å². The van der Waals surface area contributed by atoms with Gasteiger partial charge in [0.2, 0.25) is 5.88 Å². The van der Waals surface area contributed by atoms with Crippen LogP contribution in [0.25, 0.3) is 0 Å². The number of nitrogens with one attached hydrogen (secondary N) is 1. The zero-order valence-electron chi connectivity index (χ0n) is 9.66. The molecule has 0 saturated heterocycles. The van der Waals surface area contributed by atoms with E-state index in [0.717, 1.165) is 12.0 Å². The molecule has 0 aromatic carbocycles. The van der Waals surface area contributed by atoms with E-state index in [4.69, 9.17) is 10.6 Å². The second kappa shape index (κ2) is 4.44. The van der Waals surface area contributed by atoms with Crippen LogP contribution in [0.1, 0.15) is 33.3 Å². The lowest BCUT2D eigenvalue weighted by Gasteiger charge is -2.22. The van der Waals surface area contributed by atoms with Gasteiger partial charge in [0.1, 0.15) is 17.7 Å². The number of ether oxygens (including phenoxy) is 1. The van der Waals surface area contributed by atoms with Crippen molar-refractivity contribution >= 4 is 5.82 Å². The molecular weight excluding hydrogens is 192 g/mol. The van der Waals surface area contributed by atoms with E-state index in [0.29, 0.717) is 11.7 Å². The molecule has 3 N–H and O–H groups in total. The van der Waals surface area contributed by atoms with Crippen LogP contribution in [0.4, 0.5) is 5.82 Å². The van der Waals surface area contributed by atoms with Crippen molar-refractivity contribution in [3.63, 3.8) is 0 Å². The van der Waals surface area contributed by atoms with E-state index in [1.165, 1.54) is 6.33 Å². The molecule has 5 heteroatoms. The first-order valence-electron chi connectivity index (χ1n) is 4.97. The van der Waals surface area contributed by atoms with E-state index in [2.05, 4.69) is 15.4 Å². The second-order valence-corrected chi connectivity index (χ2v) is 4.22. The maximum absolute atomic E-state index is 5.72. The summed E-state index contributed by atoms with van der Waals surface area (Å²) in [7, 11) is 0. The Bertz CT molecular complexity index is 333. The van der Waals surface area contributed by atoms with Crippen molar-refractivity contribution < 1.29 is 4.74 Å². The van der Waals surface area contributed by atoms with Crippen LogP contribution in [0.15, 0.2) is 6.33 Å². The van der Waals surface area contributed by atoms with Crippen LogP contribution in [0.2, 0.25) is 0 Å². The molecule has 1 aromatic heterocycles. The Kier molecular flexibility index (Phi) is 3.47. The van der Waals surface area contributed by atoms with Gasteiger partial charge in [0.25, 0.3) is 0 Å². The second-order valence-electron chi connectivity index (χ2n) is 4.22. The summed E-state index contributed by atoms with van der Waals surface area (Å²) < 4.78 is 5.72. The first-order chi connectivity index (χ1) is 6.98. The third-order valence-electron chi connectivity index (χ3n) is 1.80. The van der Waals surface area contributed by atoms with Crippen LogP contribution in [0, 0.1) is 0 Å².